The molecule has 0 atom stereocenters. The van der Waals surface area contributed by atoms with E-state index < -0.39 is 35.3 Å². The van der Waals surface area contributed by atoms with Crippen LogP contribution in [-0.4, -0.2) is 26.3 Å². The first-order valence-electron chi connectivity index (χ1n) is 9.31. The molecule has 0 spiro atoms. The Kier molecular flexibility index (Phi) is 5.94. The number of rotatable bonds is 5. The van der Waals surface area contributed by atoms with Crippen molar-refractivity contribution in [1.29, 1.82) is 0 Å². The minimum atomic E-state index is -1.11. The van der Waals surface area contributed by atoms with Crippen LogP contribution < -0.4 is 16.6 Å². The second-order valence-corrected chi connectivity index (χ2v) is 8.91. The molecule has 0 unspecified atom stereocenters. The summed E-state index contributed by atoms with van der Waals surface area (Å²) in [7, 11) is 0. The molecule has 0 aliphatic carbocycles. The van der Waals surface area contributed by atoms with Gasteiger partial charge in [-0.25, -0.2) is 23.1 Å². The zero-order chi connectivity index (χ0) is 23.0. The number of halogens is 2. The number of carbonyl (C=O) groups excluding carboxylic acids is 1. The van der Waals surface area contributed by atoms with Gasteiger partial charge < -0.3 is 5.32 Å². The third-order valence-corrected chi connectivity index (χ3v) is 6.65. The number of amides is 1. The summed E-state index contributed by atoms with van der Waals surface area (Å²) in [6, 6.07) is 9.76. The molecule has 32 heavy (non-hydrogen) atoms. The van der Waals surface area contributed by atoms with Gasteiger partial charge in [0.1, 0.15) is 11.2 Å². The Morgan fingerprint density at radius 3 is 2.50 bits per heavy atom. The summed E-state index contributed by atoms with van der Waals surface area (Å²) in [5, 5.41) is 2.43. The first-order chi connectivity index (χ1) is 15.3. The number of benzene rings is 2. The summed E-state index contributed by atoms with van der Waals surface area (Å²) in [4.78, 5) is 43.3. The Morgan fingerprint density at radius 1 is 1.12 bits per heavy atom. The van der Waals surface area contributed by atoms with Crippen molar-refractivity contribution in [2.45, 2.75) is 17.8 Å². The van der Waals surface area contributed by atoms with Crippen LogP contribution in [0.3, 0.4) is 0 Å². The Hall–Kier alpha value is -3.31. The Morgan fingerprint density at radius 2 is 1.84 bits per heavy atom. The van der Waals surface area contributed by atoms with Crippen LogP contribution in [0.2, 0.25) is 0 Å². The average molecular weight is 475 g/mol. The van der Waals surface area contributed by atoms with Crippen molar-refractivity contribution in [2.24, 2.45) is 0 Å². The third kappa shape index (κ3) is 4.08. The van der Waals surface area contributed by atoms with Crippen molar-refractivity contribution in [1.82, 2.24) is 14.1 Å². The molecule has 1 amide bonds. The fourth-order valence-corrected chi connectivity index (χ4v) is 4.58. The quantitative estimate of drug-likeness (QED) is 0.447. The van der Waals surface area contributed by atoms with Crippen molar-refractivity contribution >= 4 is 45.0 Å². The smallest absolute Gasteiger partial charge is 0.324 e. The molecule has 0 aliphatic heterocycles. The van der Waals surface area contributed by atoms with E-state index >= 15 is 0 Å². The number of hydrogen-bond acceptors (Lipinski definition) is 6. The monoisotopic (exact) mass is 474 g/mol. The molecule has 0 radical (unpaired) electrons. The lowest BCUT2D eigenvalue weighted by Gasteiger charge is -2.12. The summed E-state index contributed by atoms with van der Waals surface area (Å²) in [6.45, 7) is 1.41. The summed E-state index contributed by atoms with van der Waals surface area (Å²) in [5.74, 6) is -2.82. The summed E-state index contributed by atoms with van der Waals surface area (Å²) >= 11 is 2.44. The van der Waals surface area contributed by atoms with Crippen molar-refractivity contribution < 1.29 is 13.6 Å². The van der Waals surface area contributed by atoms with Gasteiger partial charge in [0, 0.05) is 11.8 Å². The zero-order valence-corrected chi connectivity index (χ0v) is 18.5. The van der Waals surface area contributed by atoms with Gasteiger partial charge >= 0.3 is 5.69 Å². The highest BCUT2D eigenvalue weighted by Crippen LogP contribution is 2.25. The van der Waals surface area contributed by atoms with E-state index in [2.05, 4.69) is 10.3 Å². The van der Waals surface area contributed by atoms with Gasteiger partial charge in [0.05, 0.1) is 5.69 Å². The molecule has 0 aliphatic rings. The highest BCUT2D eigenvalue weighted by molar-refractivity contribution is 8.00. The van der Waals surface area contributed by atoms with Crippen LogP contribution in [0, 0.1) is 18.6 Å². The highest BCUT2D eigenvalue weighted by Gasteiger charge is 2.20. The molecule has 4 rings (SSSR count). The van der Waals surface area contributed by atoms with Gasteiger partial charge in [-0.3, -0.25) is 14.2 Å². The van der Waals surface area contributed by atoms with E-state index in [0.717, 1.165) is 38.2 Å². The van der Waals surface area contributed by atoms with E-state index in [1.807, 2.05) is 6.92 Å². The fourth-order valence-electron chi connectivity index (χ4n) is 3.08. The lowest BCUT2D eigenvalue weighted by Crippen LogP contribution is -2.40. The maximum Gasteiger partial charge on any atom is 0.337 e. The molecule has 7 nitrogen and oxygen atoms in total. The minimum Gasteiger partial charge on any atom is -0.324 e. The first-order valence-corrected chi connectivity index (χ1v) is 11.3. The standard InChI is InChI=1S/C21H16F2N4O3S2/c1-11-3-6-13(7-4-11)27-19(29)17-18(25-20(31-2)32-17)26(21(27)30)10-16(28)24-12-5-8-14(22)15(23)9-12/h3-9H,10H2,1-2H3,(H,24,28). The van der Waals surface area contributed by atoms with E-state index in [4.69, 9.17) is 0 Å². The number of hydrogen-bond donors (Lipinski definition) is 1. The van der Waals surface area contributed by atoms with Crippen molar-refractivity contribution in [3.63, 3.8) is 0 Å². The number of fused-ring (bicyclic) bond motifs is 1. The van der Waals surface area contributed by atoms with Gasteiger partial charge in [-0.1, -0.05) is 29.5 Å². The summed E-state index contributed by atoms with van der Waals surface area (Å²) in [6.07, 6.45) is 1.79. The molecule has 1 N–H and O–H groups in total. The molecule has 2 aromatic heterocycles. The first kappa shape index (κ1) is 21.9. The summed E-state index contributed by atoms with van der Waals surface area (Å²) in [5.41, 5.74) is 0.192. The van der Waals surface area contributed by atoms with Crippen LogP contribution in [0.4, 0.5) is 14.5 Å². The fraction of sp³-hybridized carbons (Fsp3) is 0.143. The maximum absolute atomic E-state index is 13.5. The molecular weight excluding hydrogens is 458 g/mol. The number of aryl methyl sites for hydroxylation is 1. The second-order valence-electron chi connectivity index (χ2n) is 6.86. The van der Waals surface area contributed by atoms with Crippen molar-refractivity contribution in [3.05, 3.63) is 80.5 Å². The Labute approximate surface area is 188 Å². The predicted molar refractivity (Wildman–Crippen MR) is 121 cm³/mol. The molecule has 0 fully saturated rings. The van der Waals surface area contributed by atoms with Crippen LogP contribution in [0.25, 0.3) is 16.0 Å². The van der Waals surface area contributed by atoms with Gasteiger partial charge in [-0.2, -0.15) is 0 Å². The van der Waals surface area contributed by atoms with Crippen LogP contribution in [0.5, 0.6) is 0 Å². The number of nitrogens with one attached hydrogen (secondary N) is 1. The Bertz CT molecular complexity index is 1460. The largest absolute Gasteiger partial charge is 0.337 e. The number of anilines is 1. The maximum atomic E-state index is 13.5. The molecule has 0 saturated carbocycles. The number of thiazole rings is 1. The van der Waals surface area contributed by atoms with E-state index in [-0.39, 0.29) is 16.0 Å². The highest BCUT2D eigenvalue weighted by atomic mass is 32.2. The van der Waals surface area contributed by atoms with E-state index in [0.29, 0.717) is 10.0 Å². The molecule has 164 valence electrons. The SMILES string of the molecule is CSc1nc2c(s1)c(=O)n(-c1ccc(C)cc1)c(=O)n2CC(=O)Nc1ccc(F)c(F)c1. The number of nitrogens with zero attached hydrogens (tertiary/aromatic N) is 3. The van der Waals surface area contributed by atoms with Crippen LogP contribution in [0.1, 0.15) is 5.56 Å². The van der Waals surface area contributed by atoms with Gasteiger partial charge in [0.15, 0.2) is 21.6 Å². The predicted octanol–water partition coefficient (Wildman–Crippen LogP) is 3.56. The van der Waals surface area contributed by atoms with E-state index in [1.165, 1.54) is 17.8 Å². The lowest BCUT2D eigenvalue weighted by molar-refractivity contribution is -0.116. The van der Waals surface area contributed by atoms with Crippen molar-refractivity contribution in [3.8, 4) is 5.69 Å². The number of carbonyl (C=O) groups is 1. The Balaban J connectivity index is 1.82. The van der Waals surface area contributed by atoms with E-state index in [1.54, 1.807) is 30.5 Å². The molecule has 11 heteroatoms. The molecule has 2 heterocycles. The van der Waals surface area contributed by atoms with Crippen molar-refractivity contribution in [2.75, 3.05) is 11.6 Å². The van der Waals surface area contributed by atoms with Crippen LogP contribution in [0.15, 0.2) is 56.4 Å². The third-order valence-electron chi connectivity index (χ3n) is 4.64. The van der Waals surface area contributed by atoms with Gasteiger partial charge in [0.25, 0.3) is 5.56 Å². The normalized spacial score (nSPS) is 11.1. The molecule has 0 saturated heterocycles. The van der Waals surface area contributed by atoms with Crippen LogP contribution >= 0.6 is 23.1 Å². The van der Waals surface area contributed by atoms with Crippen LogP contribution in [-0.2, 0) is 11.3 Å². The number of aromatic nitrogens is 3. The molecule has 2 aromatic carbocycles. The molecule has 0 bridgehead atoms. The van der Waals surface area contributed by atoms with Gasteiger partial charge in [-0.05, 0) is 37.4 Å². The van der Waals surface area contributed by atoms with Gasteiger partial charge in [0.2, 0.25) is 5.91 Å². The minimum absolute atomic E-state index is 0.0353. The zero-order valence-electron chi connectivity index (χ0n) is 16.9. The summed E-state index contributed by atoms with van der Waals surface area (Å²) < 4.78 is 29.5. The van der Waals surface area contributed by atoms with Gasteiger partial charge in [-0.15, -0.1) is 11.3 Å². The lowest BCUT2D eigenvalue weighted by atomic mass is 10.2. The number of thioether (sulfide) groups is 1. The average Bonchev–Trinajstić information content (AvgIpc) is 3.20. The van der Waals surface area contributed by atoms with E-state index in [9.17, 15) is 23.2 Å². The molecule has 4 aromatic rings. The topological polar surface area (TPSA) is 86.0 Å². The molecular formula is C21H16F2N4O3S2. The second kappa shape index (κ2) is 8.67.